The minimum absolute atomic E-state index is 0.233. The maximum Gasteiger partial charge on any atom is 0.219 e. The first-order chi connectivity index (χ1) is 7.75. The van der Waals surface area contributed by atoms with Crippen molar-refractivity contribution in [3.63, 3.8) is 0 Å². The first-order valence-electron chi connectivity index (χ1n) is 6.77. The highest BCUT2D eigenvalue weighted by molar-refractivity contribution is 5.73. The quantitative estimate of drug-likeness (QED) is 0.777. The van der Waals surface area contributed by atoms with Gasteiger partial charge in [0.15, 0.2) is 0 Å². The second kappa shape index (κ2) is 5.67. The number of piperidine rings is 1. The lowest BCUT2D eigenvalue weighted by Gasteiger charge is -2.35. The zero-order valence-electron chi connectivity index (χ0n) is 10.4. The second-order valence-corrected chi connectivity index (χ2v) is 5.28. The van der Waals surface area contributed by atoms with Gasteiger partial charge in [0, 0.05) is 32.1 Å². The summed E-state index contributed by atoms with van der Waals surface area (Å²) in [7, 11) is 0. The van der Waals surface area contributed by atoms with Gasteiger partial charge in [-0.1, -0.05) is 19.3 Å². The van der Waals surface area contributed by atoms with Crippen LogP contribution in [-0.4, -0.2) is 36.0 Å². The number of rotatable bonds is 2. The fourth-order valence-electron chi connectivity index (χ4n) is 2.96. The van der Waals surface area contributed by atoms with Gasteiger partial charge < -0.3 is 10.2 Å². The number of nitrogens with one attached hydrogen (secondary N) is 1. The van der Waals surface area contributed by atoms with Gasteiger partial charge in [-0.2, -0.15) is 0 Å². The van der Waals surface area contributed by atoms with E-state index >= 15 is 0 Å². The van der Waals surface area contributed by atoms with Crippen LogP contribution in [0, 0.1) is 0 Å². The van der Waals surface area contributed by atoms with Crippen LogP contribution in [0.15, 0.2) is 0 Å². The molecule has 0 aromatic carbocycles. The first-order valence-corrected chi connectivity index (χ1v) is 6.77. The molecule has 16 heavy (non-hydrogen) atoms. The first kappa shape index (κ1) is 11.9. The third-order valence-corrected chi connectivity index (χ3v) is 4.02. The summed E-state index contributed by atoms with van der Waals surface area (Å²) in [4.78, 5) is 13.2. The van der Waals surface area contributed by atoms with E-state index in [1.54, 1.807) is 6.92 Å². The van der Waals surface area contributed by atoms with Crippen molar-refractivity contribution in [1.82, 2.24) is 10.2 Å². The van der Waals surface area contributed by atoms with Crippen molar-refractivity contribution in [1.29, 1.82) is 0 Å². The van der Waals surface area contributed by atoms with Gasteiger partial charge in [-0.25, -0.2) is 0 Å². The molecular formula is C13H24N2O. The summed E-state index contributed by atoms with van der Waals surface area (Å²) in [5.41, 5.74) is 0. The molecule has 92 valence electrons. The average Bonchev–Trinajstić information content (AvgIpc) is 2.31. The number of hydrogen-bond acceptors (Lipinski definition) is 2. The fraction of sp³-hybridized carbons (Fsp3) is 0.923. The van der Waals surface area contributed by atoms with Crippen molar-refractivity contribution < 1.29 is 4.79 Å². The molecule has 2 fully saturated rings. The molecule has 0 radical (unpaired) electrons. The van der Waals surface area contributed by atoms with Crippen LogP contribution in [0.3, 0.4) is 0 Å². The summed E-state index contributed by atoms with van der Waals surface area (Å²) < 4.78 is 0. The minimum atomic E-state index is 0.233. The molecule has 0 aromatic heterocycles. The van der Waals surface area contributed by atoms with Crippen molar-refractivity contribution in [2.45, 2.75) is 64.0 Å². The van der Waals surface area contributed by atoms with Crippen molar-refractivity contribution >= 4 is 5.91 Å². The van der Waals surface area contributed by atoms with Crippen molar-refractivity contribution in [3.8, 4) is 0 Å². The van der Waals surface area contributed by atoms with Crippen LogP contribution in [0.25, 0.3) is 0 Å². The number of nitrogens with zero attached hydrogens (tertiary/aromatic N) is 1. The van der Waals surface area contributed by atoms with Gasteiger partial charge in [-0.15, -0.1) is 0 Å². The summed E-state index contributed by atoms with van der Waals surface area (Å²) in [6, 6.07) is 1.40. The van der Waals surface area contributed by atoms with Gasteiger partial charge >= 0.3 is 0 Å². The smallest absolute Gasteiger partial charge is 0.219 e. The topological polar surface area (TPSA) is 32.3 Å². The maximum atomic E-state index is 11.2. The summed E-state index contributed by atoms with van der Waals surface area (Å²) in [5.74, 6) is 0.233. The summed E-state index contributed by atoms with van der Waals surface area (Å²) >= 11 is 0. The molecule has 3 nitrogen and oxygen atoms in total. The van der Waals surface area contributed by atoms with E-state index in [2.05, 4.69) is 5.32 Å². The molecule has 1 amide bonds. The molecule has 0 bridgehead atoms. The lowest BCUT2D eigenvalue weighted by Crippen LogP contribution is -2.47. The van der Waals surface area contributed by atoms with Crippen LogP contribution in [-0.2, 0) is 4.79 Å². The predicted octanol–water partition coefficient (Wildman–Crippen LogP) is 1.92. The molecule has 1 saturated heterocycles. The number of carbonyl (C=O) groups is 1. The summed E-state index contributed by atoms with van der Waals surface area (Å²) in [6.45, 7) is 3.56. The van der Waals surface area contributed by atoms with Crippen molar-refractivity contribution in [2.24, 2.45) is 0 Å². The molecule has 2 aliphatic rings. The largest absolute Gasteiger partial charge is 0.343 e. The van der Waals surface area contributed by atoms with E-state index in [1.165, 1.54) is 32.1 Å². The van der Waals surface area contributed by atoms with E-state index in [0.717, 1.165) is 32.0 Å². The second-order valence-electron chi connectivity index (χ2n) is 5.28. The van der Waals surface area contributed by atoms with Gasteiger partial charge in [0.1, 0.15) is 0 Å². The molecule has 1 aliphatic heterocycles. The van der Waals surface area contributed by atoms with Gasteiger partial charge in [0.2, 0.25) is 5.91 Å². The van der Waals surface area contributed by atoms with Gasteiger partial charge in [-0.05, 0) is 25.7 Å². The number of carbonyl (C=O) groups excluding carboxylic acids is 1. The van der Waals surface area contributed by atoms with Crippen LogP contribution >= 0.6 is 0 Å². The molecule has 0 spiro atoms. The van der Waals surface area contributed by atoms with Crippen LogP contribution in [0.2, 0.25) is 0 Å². The number of amides is 1. The van der Waals surface area contributed by atoms with Crippen molar-refractivity contribution in [2.75, 3.05) is 13.1 Å². The van der Waals surface area contributed by atoms with E-state index in [4.69, 9.17) is 0 Å². The molecule has 1 heterocycles. The Kier molecular flexibility index (Phi) is 4.22. The standard InChI is InChI=1S/C13H24N2O/c1-11(16)15-9-7-13(8-10-15)14-12-5-3-2-4-6-12/h12-14H,2-10H2,1H3. The lowest BCUT2D eigenvalue weighted by atomic mass is 9.93. The maximum absolute atomic E-state index is 11.2. The van der Waals surface area contributed by atoms with Crippen molar-refractivity contribution in [3.05, 3.63) is 0 Å². The Hall–Kier alpha value is -0.570. The lowest BCUT2D eigenvalue weighted by molar-refractivity contribution is -0.129. The van der Waals surface area contributed by atoms with Crippen LogP contribution in [0.4, 0.5) is 0 Å². The summed E-state index contributed by atoms with van der Waals surface area (Å²) in [5, 5.41) is 3.78. The van der Waals surface area contributed by atoms with Gasteiger partial charge in [0.05, 0.1) is 0 Å². The molecule has 1 saturated carbocycles. The molecule has 0 unspecified atom stereocenters. The van der Waals surface area contributed by atoms with E-state index in [0.29, 0.717) is 6.04 Å². The van der Waals surface area contributed by atoms with E-state index < -0.39 is 0 Å². The Morgan fingerprint density at radius 2 is 1.56 bits per heavy atom. The Balaban J connectivity index is 1.70. The minimum Gasteiger partial charge on any atom is -0.343 e. The zero-order chi connectivity index (χ0) is 11.4. The van der Waals surface area contributed by atoms with E-state index in [-0.39, 0.29) is 5.91 Å². The molecule has 3 heteroatoms. The molecule has 0 atom stereocenters. The zero-order valence-corrected chi connectivity index (χ0v) is 10.4. The summed E-state index contributed by atoms with van der Waals surface area (Å²) in [6.07, 6.45) is 9.18. The fourth-order valence-corrected chi connectivity index (χ4v) is 2.96. The molecule has 0 aromatic rings. The Morgan fingerprint density at radius 3 is 2.12 bits per heavy atom. The number of hydrogen-bond donors (Lipinski definition) is 1. The Bertz CT molecular complexity index is 228. The highest BCUT2D eigenvalue weighted by atomic mass is 16.2. The predicted molar refractivity (Wildman–Crippen MR) is 65.3 cm³/mol. The average molecular weight is 224 g/mol. The van der Waals surface area contributed by atoms with Crippen LogP contribution < -0.4 is 5.32 Å². The Labute approximate surface area is 98.6 Å². The molecule has 1 aliphatic carbocycles. The van der Waals surface area contributed by atoms with Gasteiger partial charge in [-0.3, -0.25) is 4.79 Å². The Morgan fingerprint density at radius 1 is 1.00 bits per heavy atom. The van der Waals surface area contributed by atoms with Crippen LogP contribution in [0.1, 0.15) is 51.9 Å². The monoisotopic (exact) mass is 224 g/mol. The van der Waals surface area contributed by atoms with E-state index in [1.807, 2.05) is 4.90 Å². The number of likely N-dealkylation sites (tertiary alicyclic amines) is 1. The highest BCUT2D eigenvalue weighted by Gasteiger charge is 2.23. The molecular weight excluding hydrogens is 200 g/mol. The van der Waals surface area contributed by atoms with Crippen LogP contribution in [0.5, 0.6) is 0 Å². The SMILES string of the molecule is CC(=O)N1CCC(NC2CCCCC2)CC1. The third kappa shape index (κ3) is 3.21. The molecule has 2 rings (SSSR count). The van der Waals surface area contributed by atoms with E-state index in [9.17, 15) is 4.79 Å². The molecule has 1 N–H and O–H groups in total. The van der Waals surface area contributed by atoms with Gasteiger partial charge in [0.25, 0.3) is 0 Å². The highest BCUT2D eigenvalue weighted by Crippen LogP contribution is 2.20. The normalized spacial score (nSPS) is 24.7. The third-order valence-electron chi connectivity index (χ3n) is 4.02.